The van der Waals surface area contributed by atoms with Gasteiger partial charge in [0.25, 0.3) is 0 Å². The molecule has 0 aliphatic carbocycles. The van der Waals surface area contributed by atoms with Gasteiger partial charge in [-0.1, -0.05) is 0 Å². The highest BCUT2D eigenvalue weighted by molar-refractivity contribution is 7.98. The average Bonchev–Trinajstić information content (AvgIpc) is 2.72. The molecule has 0 aromatic carbocycles. The van der Waals surface area contributed by atoms with Gasteiger partial charge >= 0.3 is 0 Å². The number of carbonyl (C=O) groups is 1. The predicted molar refractivity (Wildman–Crippen MR) is 61.3 cm³/mol. The molecule has 1 heterocycles. The van der Waals surface area contributed by atoms with Crippen LogP contribution in [-0.2, 0) is 4.79 Å². The van der Waals surface area contributed by atoms with E-state index in [2.05, 4.69) is 6.07 Å². The Labute approximate surface area is 94.8 Å². The zero-order chi connectivity index (χ0) is 11.3. The second-order valence-electron chi connectivity index (χ2n) is 3.71. The van der Waals surface area contributed by atoms with E-state index in [0.29, 0.717) is 13.0 Å². The van der Waals surface area contributed by atoms with Gasteiger partial charge in [-0.05, 0) is 31.3 Å². The van der Waals surface area contributed by atoms with Gasteiger partial charge in [-0.3, -0.25) is 4.79 Å². The molecular formula is C10H17N3OS. The molecule has 2 atom stereocenters. The minimum absolute atomic E-state index is 0.0619. The number of nitrogens with zero attached hydrogens (tertiary/aromatic N) is 2. The normalized spacial score (nSPS) is 22.5. The molecule has 0 radical (unpaired) electrons. The number of hydrogen-bond donors (Lipinski definition) is 1. The number of nitrogens with two attached hydrogens (primary N) is 1. The highest BCUT2D eigenvalue weighted by Gasteiger charge is 2.31. The number of carbonyl (C=O) groups excluding carboxylic acids is 1. The fourth-order valence-corrected chi connectivity index (χ4v) is 2.24. The standard InChI is InChI=1S/C10H17N3OS/c1-15-6-4-9(12)10(14)13-5-2-3-8(13)7-11/h8-9H,2-6,12H2,1H3/t8-,9?/m0/s1. The first-order valence-electron chi connectivity index (χ1n) is 5.15. The number of amides is 1. The molecule has 1 fully saturated rings. The quantitative estimate of drug-likeness (QED) is 0.762. The van der Waals surface area contributed by atoms with E-state index in [1.807, 2.05) is 6.26 Å². The maximum Gasteiger partial charge on any atom is 0.240 e. The van der Waals surface area contributed by atoms with Crippen LogP contribution in [0.15, 0.2) is 0 Å². The molecular weight excluding hydrogens is 210 g/mol. The molecule has 0 bridgehead atoms. The summed E-state index contributed by atoms with van der Waals surface area (Å²) in [6.07, 6.45) is 4.39. The lowest BCUT2D eigenvalue weighted by molar-refractivity contribution is -0.132. The second-order valence-corrected chi connectivity index (χ2v) is 4.69. The van der Waals surface area contributed by atoms with Crippen molar-refractivity contribution in [2.75, 3.05) is 18.6 Å². The summed E-state index contributed by atoms with van der Waals surface area (Å²) in [6, 6.07) is 1.46. The average molecular weight is 227 g/mol. The zero-order valence-electron chi connectivity index (χ0n) is 8.98. The van der Waals surface area contributed by atoms with Gasteiger partial charge in [-0.15, -0.1) is 0 Å². The van der Waals surface area contributed by atoms with Crippen LogP contribution in [0.2, 0.25) is 0 Å². The molecule has 0 saturated carbocycles. The second kappa shape index (κ2) is 5.99. The van der Waals surface area contributed by atoms with Crippen molar-refractivity contribution >= 4 is 17.7 Å². The summed E-state index contributed by atoms with van der Waals surface area (Å²) in [6.45, 7) is 0.685. The van der Waals surface area contributed by atoms with Gasteiger partial charge < -0.3 is 10.6 Å². The van der Waals surface area contributed by atoms with Crippen LogP contribution in [0.25, 0.3) is 0 Å². The number of nitriles is 1. The first-order valence-corrected chi connectivity index (χ1v) is 6.54. The van der Waals surface area contributed by atoms with Crippen molar-refractivity contribution in [2.24, 2.45) is 5.73 Å². The number of rotatable bonds is 4. The van der Waals surface area contributed by atoms with Gasteiger partial charge in [0.2, 0.25) is 5.91 Å². The molecule has 1 aliphatic rings. The fraction of sp³-hybridized carbons (Fsp3) is 0.800. The molecule has 4 nitrogen and oxygen atoms in total. The van der Waals surface area contributed by atoms with E-state index in [1.165, 1.54) is 0 Å². The predicted octanol–water partition coefficient (Wildman–Crippen LogP) is 0.581. The van der Waals surface area contributed by atoms with E-state index >= 15 is 0 Å². The van der Waals surface area contributed by atoms with Crippen molar-refractivity contribution in [3.05, 3.63) is 0 Å². The third kappa shape index (κ3) is 3.11. The topological polar surface area (TPSA) is 70.1 Å². The van der Waals surface area contributed by atoms with E-state index in [0.717, 1.165) is 18.6 Å². The van der Waals surface area contributed by atoms with Crippen LogP contribution in [0.5, 0.6) is 0 Å². The Morgan fingerprint density at radius 3 is 3.13 bits per heavy atom. The third-order valence-corrected chi connectivity index (χ3v) is 3.28. The maximum absolute atomic E-state index is 11.9. The van der Waals surface area contributed by atoms with Crippen LogP contribution in [0, 0.1) is 11.3 Å². The molecule has 5 heteroatoms. The molecule has 2 N–H and O–H groups in total. The lowest BCUT2D eigenvalue weighted by Gasteiger charge is -2.23. The summed E-state index contributed by atoms with van der Waals surface area (Å²) in [4.78, 5) is 13.5. The van der Waals surface area contributed by atoms with Crippen molar-refractivity contribution in [2.45, 2.75) is 31.3 Å². The smallest absolute Gasteiger partial charge is 0.240 e. The Hall–Kier alpha value is -0.730. The SMILES string of the molecule is CSCCC(N)C(=O)N1CCC[C@H]1C#N. The molecule has 1 amide bonds. The molecule has 1 saturated heterocycles. The van der Waals surface area contributed by atoms with Crippen molar-refractivity contribution < 1.29 is 4.79 Å². The van der Waals surface area contributed by atoms with E-state index in [9.17, 15) is 4.79 Å². The summed E-state index contributed by atoms with van der Waals surface area (Å²) in [7, 11) is 0. The summed E-state index contributed by atoms with van der Waals surface area (Å²) >= 11 is 1.68. The Kier molecular flexibility index (Phi) is 4.92. The fourth-order valence-electron chi connectivity index (χ4n) is 1.75. The number of hydrogen-bond acceptors (Lipinski definition) is 4. The first kappa shape index (κ1) is 12.3. The molecule has 0 aromatic heterocycles. The summed E-state index contributed by atoms with van der Waals surface area (Å²) < 4.78 is 0. The van der Waals surface area contributed by atoms with Gasteiger partial charge in [0.15, 0.2) is 0 Å². The number of likely N-dealkylation sites (tertiary alicyclic amines) is 1. The number of thioether (sulfide) groups is 1. The van der Waals surface area contributed by atoms with Gasteiger partial charge in [-0.2, -0.15) is 17.0 Å². The van der Waals surface area contributed by atoms with E-state index in [4.69, 9.17) is 11.0 Å². The van der Waals surface area contributed by atoms with Crippen LogP contribution in [0.1, 0.15) is 19.3 Å². The first-order chi connectivity index (χ1) is 7.20. The summed E-state index contributed by atoms with van der Waals surface area (Å²) in [5.41, 5.74) is 5.79. The molecule has 1 aliphatic heterocycles. The Bertz CT molecular complexity index is 264. The van der Waals surface area contributed by atoms with Crippen LogP contribution in [0.4, 0.5) is 0 Å². The highest BCUT2D eigenvalue weighted by atomic mass is 32.2. The zero-order valence-corrected chi connectivity index (χ0v) is 9.80. The van der Waals surface area contributed by atoms with Crippen LogP contribution in [-0.4, -0.2) is 41.4 Å². The monoisotopic (exact) mass is 227 g/mol. The molecule has 1 unspecified atom stereocenters. The summed E-state index contributed by atoms with van der Waals surface area (Å²) in [5, 5.41) is 8.85. The third-order valence-electron chi connectivity index (χ3n) is 2.64. The van der Waals surface area contributed by atoms with E-state index in [1.54, 1.807) is 16.7 Å². The van der Waals surface area contributed by atoms with Gasteiger partial charge in [-0.25, -0.2) is 0 Å². The largest absolute Gasteiger partial charge is 0.325 e. The van der Waals surface area contributed by atoms with Crippen molar-refractivity contribution in [1.82, 2.24) is 4.90 Å². The Balaban J connectivity index is 2.48. The minimum atomic E-state index is -0.439. The lowest BCUT2D eigenvalue weighted by Crippen LogP contribution is -2.45. The van der Waals surface area contributed by atoms with Crippen molar-refractivity contribution in [3.8, 4) is 6.07 Å². The van der Waals surface area contributed by atoms with Crippen molar-refractivity contribution in [3.63, 3.8) is 0 Å². The highest BCUT2D eigenvalue weighted by Crippen LogP contribution is 2.17. The van der Waals surface area contributed by atoms with Crippen LogP contribution < -0.4 is 5.73 Å². The van der Waals surface area contributed by atoms with E-state index in [-0.39, 0.29) is 11.9 Å². The lowest BCUT2D eigenvalue weighted by atomic mass is 10.2. The molecule has 0 aromatic rings. The Morgan fingerprint density at radius 2 is 2.53 bits per heavy atom. The van der Waals surface area contributed by atoms with Crippen LogP contribution in [0.3, 0.4) is 0 Å². The van der Waals surface area contributed by atoms with Gasteiger partial charge in [0.05, 0.1) is 12.1 Å². The molecule has 0 spiro atoms. The minimum Gasteiger partial charge on any atom is -0.325 e. The van der Waals surface area contributed by atoms with Crippen molar-refractivity contribution in [1.29, 1.82) is 5.26 Å². The molecule has 15 heavy (non-hydrogen) atoms. The maximum atomic E-state index is 11.9. The van der Waals surface area contributed by atoms with Gasteiger partial charge in [0, 0.05) is 6.54 Å². The summed E-state index contributed by atoms with van der Waals surface area (Å²) in [5.74, 6) is 0.825. The molecule has 84 valence electrons. The van der Waals surface area contributed by atoms with Crippen LogP contribution >= 0.6 is 11.8 Å². The molecule has 1 rings (SSSR count). The van der Waals surface area contributed by atoms with E-state index < -0.39 is 6.04 Å². The Morgan fingerprint density at radius 1 is 1.80 bits per heavy atom. The van der Waals surface area contributed by atoms with Gasteiger partial charge in [0.1, 0.15) is 6.04 Å².